The fourth-order valence-electron chi connectivity index (χ4n) is 4.06. The number of carboxylic acid groups (broad SMARTS) is 2. The van der Waals surface area contributed by atoms with Gasteiger partial charge in [-0.25, -0.2) is 9.59 Å². The number of carboxylic acids is 2. The van der Waals surface area contributed by atoms with Crippen molar-refractivity contribution in [3.63, 3.8) is 0 Å². The quantitative estimate of drug-likeness (QED) is 0.243. The zero-order valence-electron chi connectivity index (χ0n) is 24.1. The second kappa shape index (κ2) is 14.7. The van der Waals surface area contributed by atoms with Crippen molar-refractivity contribution in [3.8, 4) is 22.6 Å². The maximum absolute atomic E-state index is 12.0. The first-order chi connectivity index (χ1) is 18.9. The summed E-state index contributed by atoms with van der Waals surface area (Å²) in [6.07, 6.45) is 0. The summed E-state index contributed by atoms with van der Waals surface area (Å²) >= 11 is 0. The van der Waals surface area contributed by atoms with Gasteiger partial charge in [0.15, 0.2) is 0 Å². The van der Waals surface area contributed by atoms with Gasteiger partial charge >= 0.3 is 71.1 Å². The monoisotopic (exact) mass is 582 g/mol. The number of benzene rings is 4. The zero-order valence-corrected chi connectivity index (χ0v) is 28.1. The Morgan fingerprint density at radius 3 is 1.21 bits per heavy atom. The summed E-state index contributed by atoms with van der Waals surface area (Å²) in [4.78, 5) is 22.6. The molecule has 0 aliphatic rings. The average Bonchev–Trinajstić information content (AvgIpc) is 2.90. The number of hydrogen-bond donors (Lipinski definition) is 2. The van der Waals surface area contributed by atoms with Crippen LogP contribution in [-0.4, -0.2) is 22.2 Å². The van der Waals surface area contributed by atoms with E-state index < -0.39 is 23.4 Å². The van der Waals surface area contributed by atoms with Crippen LogP contribution >= 0.6 is 0 Å². The summed E-state index contributed by atoms with van der Waals surface area (Å²) in [7, 11) is 0. The molecule has 0 spiro atoms. The van der Waals surface area contributed by atoms with E-state index >= 15 is 0 Å². The predicted molar refractivity (Wildman–Crippen MR) is 145 cm³/mol. The summed E-state index contributed by atoms with van der Waals surface area (Å²) in [5.74, 6) is -3.72. The van der Waals surface area contributed by atoms with Crippen LogP contribution in [0, 0.1) is 27.7 Å². The molecule has 202 valence electrons. The van der Waals surface area contributed by atoms with Crippen molar-refractivity contribution in [1.29, 1.82) is 0 Å². The molecule has 0 radical (unpaired) electrons. The summed E-state index contributed by atoms with van der Waals surface area (Å²) in [6, 6.07) is 16.6. The minimum Gasteiger partial charge on any atom is -0.872 e. The van der Waals surface area contributed by atoms with E-state index in [9.17, 15) is 30.0 Å². The number of carbonyl (C=O) groups is 2. The van der Waals surface area contributed by atoms with Crippen LogP contribution in [0.1, 0.15) is 43.0 Å². The Morgan fingerprint density at radius 1 is 0.548 bits per heavy atom. The van der Waals surface area contributed by atoms with Gasteiger partial charge in [0.2, 0.25) is 0 Å². The number of hydrogen-bond acceptors (Lipinski definition) is 8. The molecule has 12 heteroatoms. The van der Waals surface area contributed by atoms with Gasteiger partial charge in [-0.2, -0.15) is 20.5 Å². The van der Waals surface area contributed by atoms with Crippen molar-refractivity contribution in [2.45, 2.75) is 27.7 Å². The smallest absolute Gasteiger partial charge is 0.872 e. The molecule has 4 aromatic carbocycles. The second-order valence-corrected chi connectivity index (χ2v) is 9.29. The molecule has 0 unspecified atom stereocenters. The average molecular weight is 583 g/mol. The van der Waals surface area contributed by atoms with Gasteiger partial charge in [0.05, 0.1) is 33.9 Å². The van der Waals surface area contributed by atoms with Gasteiger partial charge < -0.3 is 20.4 Å². The number of aryl methyl sites for hydroxylation is 4. The summed E-state index contributed by atoms with van der Waals surface area (Å²) in [5, 5.41) is 59.2. The van der Waals surface area contributed by atoms with E-state index in [1.165, 1.54) is 38.1 Å². The molecule has 0 aliphatic carbocycles. The Kier molecular flexibility index (Phi) is 12.2. The second-order valence-electron chi connectivity index (χ2n) is 9.29. The fourth-order valence-corrected chi connectivity index (χ4v) is 4.06. The SMILES string of the molecule is Cc1cc(-c2ccc(N=Nc3cc(C)c([O-])c(C(=O)O)c3)c(C)c2)ccc1N=Nc1cc(C)c([O-])c(C(=O)O)c1.[Na+].[Na+]. The van der Waals surface area contributed by atoms with Gasteiger partial charge in [0, 0.05) is 0 Å². The van der Waals surface area contributed by atoms with Crippen molar-refractivity contribution >= 4 is 34.7 Å². The maximum atomic E-state index is 12.0. The molecule has 4 aromatic rings. The van der Waals surface area contributed by atoms with Crippen molar-refractivity contribution in [2.75, 3.05) is 0 Å². The van der Waals surface area contributed by atoms with Crippen LogP contribution < -0.4 is 69.3 Å². The summed E-state index contributed by atoms with van der Waals surface area (Å²) in [6.45, 7) is 6.82. The van der Waals surface area contributed by atoms with E-state index in [4.69, 9.17) is 0 Å². The van der Waals surface area contributed by atoms with E-state index in [0.29, 0.717) is 11.4 Å². The minimum atomic E-state index is -1.31. The molecular formula is C30H24N4Na2O6. The van der Waals surface area contributed by atoms with E-state index in [1.54, 1.807) is 12.1 Å². The van der Waals surface area contributed by atoms with Gasteiger partial charge in [-0.1, -0.05) is 34.8 Å². The molecule has 0 heterocycles. The molecular weight excluding hydrogens is 558 g/mol. The largest absolute Gasteiger partial charge is 1.00 e. The molecule has 0 fully saturated rings. The minimum absolute atomic E-state index is 0. The maximum Gasteiger partial charge on any atom is 1.00 e. The fraction of sp³-hybridized carbons (Fsp3) is 0.133. The molecule has 0 bridgehead atoms. The topological polar surface area (TPSA) is 170 Å². The van der Waals surface area contributed by atoms with E-state index in [1.807, 2.05) is 38.1 Å². The Bertz CT molecular complexity index is 1610. The molecule has 0 amide bonds. The number of rotatable bonds is 7. The Balaban J connectivity index is 0.00000308. The number of azo groups is 2. The van der Waals surface area contributed by atoms with Crippen LogP contribution in [0.25, 0.3) is 11.1 Å². The number of nitrogens with zero attached hydrogens (tertiary/aromatic N) is 4. The van der Waals surface area contributed by atoms with Gasteiger partial charge in [0.1, 0.15) is 0 Å². The van der Waals surface area contributed by atoms with Crippen LogP contribution in [0.5, 0.6) is 11.5 Å². The van der Waals surface area contributed by atoms with Crippen molar-refractivity contribution < 1.29 is 89.1 Å². The Morgan fingerprint density at radius 2 is 0.905 bits per heavy atom. The van der Waals surface area contributed by atoms with Gasteiger partial charge in [-0.3, -0.25) is 0 Å². The van der Waals surface area contributed by atoms with E-state index in [-0.39, 0.29) is 92.7 Å². The third kappa shape index (κ3) is 7.91. The van der Waals surface area contributed by atoms with Gasteiger partial charge in [0.25, 0.3) is 0 Å². The molecule has 42 heavy (non-hydrogen) atoms. The normalized spacial score (nSPS) is 10.9. The first-order valence-electron chi connectivity index (χ1n) is 12.1. The molecule has 0 saturated carbocycles. The van der Waals surface area contributed by atoms with Crippen LogP contribution in [0.15, 0.2) is 81.1 Å². The molecule has 4 rings (SSSR count). The van der Waals surface area contributed by atoms with Gasteiger partial charge in [-0.05, 0) is 98.5 Å². The molecule has 2 N–H and O–H groups in total. The third-order valence-corrected chi connectivity index (χ3v) is 6.25. The summed E-state index contributed by atoms with van der Waals surface area (Å²) in [5.41, 5.74) is 5.12. The first-order valence-corrected chi connectivity index (χ1v) is 12.1. The zero-order chi connectivity index (χ0) is 29.1. The summed E-state index contributed by atoms with van der Waals surface area (Å²) < 4.78 is 0. The molecule has 0 atom stereocenters. The van der Waals surface area contributed by atoms with Crippen molar-refractivity contribution in [1.82, 2.24) is 0 Å². The molecule has 0 aliphatic heterocycles. The van der Waals surface area contributed by atoms with Crippen molar-refractivity contribution in [3.05, 3.63) is 94.0 Å². The van der Waals surface area contributed by atoms with E-state index in [2.05, 4.69) is 20.5 Å². The molecule has 10 nitrogen and oxygen atoms in total. The third-order valence-electron chi connectivity index (χ3n) is 6.25. The Labute approximate surface area is 286 Å². The predicted octanol–water partition coefficient (Wildman–Crippen LogP) is 0.970. The van der Waals surface area contributed by atoms with Crippen LogP contribution in [0.3, 0.4) is 0 Å². The van der Waals surface area contributed by atoms with Crippen molar-refractivity contribution in [2.24, 2.45) is 20.5 Å². The van der Waals surface area contributed by atoms with E-state index in [0.717, 1.165) is 22.3 Å². The van der Waals surface area contributed by atoms with Crippen LogP contribution in [0.2, 0.25) is 0 Å². The van der Waals surface area contributed by atoms with Gasteiger partial charge in [-0.15, -0.1) is 0 Å². The first kappa shape index (κ1) is 34.8. The molecule has 0 saturated heterocycles. The Hall–Kier alpha value is -3.38. The van der Waals surface area contributed by atoms with Crippen LogP contribution in [-0.2, 0) is 0 Å². The number of aromatic carboxylic acids is 2. The van der Waals surface area contributed by atoms with Crippen LogP contribution in [0.4, 0.5) is 22.7 Å². The standard InChI is InChI=1S/C30H26N4O6.2Na/c1-15-9-19(5-7-25(15)33-31-21-11-17(3)27(35)23(13-21)29(37)38)20-6-8-26(16(2)10-20)34-32-22-12-18(4)28(36)24(14-22)30(39)40;;/h5-14,35-36H,1-4H3,(H,37,38)(H,39,40);;/q;2*+1/p-2. The molecule has 0 aromatic heterocycles.